The summed E-state index contributed by atoms with van der Waals surface area (Å²) in [6, 6.07) is 1.95. The third kappa shape index (κ3) is 1.84. The molecule has 1 N–H and O–H groups in total. The summed E-state index contributed by atoms with van der Waals surface area (Å²) in [5.74, 6) is 0.750. The van der Waals surface area contributed by atoms with Gasteiger partial charge in [-0.15, -0.1) is 0 Å². The van der Waals surface area contributed by atoms with Gasteiger partial charge in [-0.2, -0.15) is 0 Å². The fourth-order valence-electron chi connectivity index (χ4n) is 3.29. The van der Waals surface area contributed by atoms with Gasteiger partial charge in [0.1, 0.15) is 5.75 Å². The third-order valence-electron chi connectivity index (χ3n) is 4.08. The van der Waals surface area contributed by atoms with E-state index in [0.717, 1.165) is 31.5 Å². The van der Waals surface area contributed by atoms with E-state index in [-0.39, 0.29) is 5.75 Å². The predicted octanol–water partition coefficient (Wildman–Crippen LogP) is 3.42. The van der Waals surface area contributed by atoms with Crippen molar-refractivity contribution in [3.8, 4) is 5.75 Å². The number of likely N-dealkylation sites (N-methyl/N-ethyl adjacent to an activating group) is 1. The lowest BCUT2D eigenvalue weighted by atomic mass is 9.80. The van der Waals surface area contributed by atoms with Crippen LogP contribution in [0.25, 0.3) is 6.08 Å². The second kappa shape index (κ2) is 4.29. The van der Waals surface area contributed by atoms with Gasteiger partial charge < -0.3 is 10.0 Å². The van der Waals surface area contributed by atoms with Crippen molar-refractivity contribution in [3.63, 3.8) is 0 Å². The molecule has 0 bridgehead atoms. The van der Waals surface area contributed by atoms with Crippen LogP contribution in [-0.2, 0) is 6.42 Å². The van der Waals surface area contributed by atoms with Gasteiger partial charge >= 0.3 is 0 Å². The first kappa shape index (κ1) is 12.1. The number of halogens is 1. The largest absolute Gasteiger partial charge is 0.506 e. The molecule has 0 spiro atoms. The van der Waals surface area contributed by atoms with Crippen LogP contribution >= 0.6 is 11.6 Å². The van der Waals surface area contributed by atoms with Gasteiger partial charge in [-0.1, -0.05) is 23.3 Å². The van der Waals surface area contributed by atoms with Gasteiger partial charge in [0.2, 0.25) is 0 Å². The van der Waals surface area contributed by atoms with Gasteiger partial charge in [-0.05, 0) is 44.0 Å². The highest BCUT2D eigenvalue weighted by molar-refractivity contribution is 6.32. The van der Waals surface area contributed by atoms with Crippen molar-refractivity contribution in [1.82, 2.24) is 4.90 Å². The lowest BCUT2D eigenvalue weighted by molar-refractivity contribution is 0.323. The molecule has 0 saturated heterocycles. The molecule has 3 heteroatoms. The molecule has 0 radical (unpaired) electrons. The minimum absolute atomic E-state index is 0.254. The molecule has 0 aromatic heterocycles. The average Bonchev–Trinajstić information content (AvgIpc) is 2.45. The van der Waals surface area contributed by atoms with Gasteiger partial charge in [-0.25, -0.2) is 0 Å². The van der Waals surface area contributed by atoms with E-state index in [4.69, 9.17) is 11.6 Å². The number of rotatable bonds is 0. The summed E-state index contributed by atoms with van der Waals surface area (Å²) in [4.78, 5) is 2.37. The highest BCUT2D eigenvalue weighted by atomic mass is 35.5. The number of aromatic hydroxyl groups is 1. The van der Waals surface area contributed by atoms with E-state index < -0.39 is 0 Å². The lowest BCUT2D eigenvalue weighted by Crippen LogP contribution is -2.24. The Morgan fingerprint density at radius 1 is 1.44 bits per heavy atom. The first-order valence-electron chi connectivity index (χ1n) is 6.46. The van der Waals surface area contributed by atoms with Crippen LogP contribution < -0.4 is 0 Å². The molecule has 0 amide bonds. The average molecular weight is 264 g/mol. The summed E-state index contributed by atoms with van der Waals surface area (Å²) in [5.41, 5.74) is 4.92. The van der Waals surface area contributed by atoms with Crippen LogP contribution in [0.2, 0.25) is 5.02 Å². The number of hydrogen-bond acceptors (Lipinski definition) is 2. The number of allylic oxidation sites excluding steroid dienone is 1. The predicted molar refractivity (Wildman–Crippen MR) is 75.3 cm³/mol. The highest BCUT2D eigenvalue weighted by Gasteiger charge is 2.29. The molecule has 1 heterocycles. The number of benzene rings is 1. The van der Waals surface area contributed by atoms with Crippen molar-refractivity contribution in [2.45, 2.75) is 25.7 Å². The summed E-state index contributed by atoms with van der Waals surface area (Å²) >= 11 is 6.15. The third-order valence-corrected chi connectivity index (χ3v) is 4.37. The van der Waals surface area contributed by atoms with E-state index in [2.05, 4.69) is 24.9 Å². The normalized spacial score (nSPS) is 23.3. The maximum Gasteiger partial charge on any atom is 0.141 e. The Morgan fingerprint density at radius 2 is 2.22 bits per heavy atom. The molecule has 2 nitrogen and oxygen atoms in total. The number of hydrogen-bond donors (Lipinski definition) is 1. The second-order valence-electron chi connectivity index (χ2n) is 5.60. The van der Waals surface area contributed by atoms with Crippen molar-refractivity contribution < 1.29 is 5.11 Å². The fraction of sp³-hybridized carbons (Fsp3) is 0.467. The molecule has 1 atom stereocenters. The molecule has 96 valence electrons. The Bertz CT molecular complexity index is 536. The van der Waals surface area contributed by atoms with E-state index in [0.29, 0.717) is 10.9 Å². The Balaban J connectivity index is 2.24. The quantitative estimate of drug-likeness (QED) is 0.775. The summed E-state index contributed by atoms with van der Waals surface area (Å²) in [7, 11) is 2.17. The smallest absolute Gasteiger partial charge is 0.141 e. The van der Waals surface area contributed by atoms with Crippen molar-refractivity contribution >= 4 is 17.7 Å². The summed E-state index contributed by atoms with van der Waals surface area (Å²) in [6.07, 6.45) is 4.20. The SMILES string of the molecule is CC1=Cc2c(O)c(Cl)cc3c2C(C1)CN(C)CC3. The summed E-state index contributed by atoms with van der Waals surface area (Å²) < 4.78 is 0. The molecule has 2 aliphatic rings. The minimum atomic E-state index is 0.254. The minimum Gasteiger partial charge on any atom is -0.506 e. The van der Waals surface area contributed by atoms with Crippen molar-refractivity contribution in [2.24, 2.45) is 0 Å². The monoisotopic (exact) mass is 263 g/mol. The molecule has 1 aliphatic carbocycles. The van der Waals surface area contributed by atoms with Crippen LogP contribution in [0.1, 0.15) is 36.0 Å². The number of nitrogens with zero attached hydrogens (tertiary/aromatic N) is 1. The lowest BCUT2D eigenvalue weighted by Gasteiger charge is -2.27. The first-order chi connectivity index (χ1) is 8.56. The molecule has 3 rings (SSSR count). The summed E-state index contributed by atoms with van der Waals surface area (Å²) in [5, 5.41) is 10.7. The maximum absolute atomic E-state index is 10.2. The van der Waals surface area contributed by atoms with Crippen molar-refractivity contribution in [2.75, 3.05) is 20.1 Å². The Labute approximate surface area is 113 Å². The molecule has 0 fully saturated rings. The number of phenols is 1. The fourth-order valence-corrected chi connectivity index (χ4v) is 3.53. The van der Waals surface area contributed by atoms with E-state index in [1.54, 1.807) is 0 Å². The highest BCUT2D eigenvalue weighted by Crippen LogP contribution is 2.44. The Morgan fingerprint density at radius 3 is 3.00 bits per heavy atom. The van der Waals surface area contributed by atoms with E-state index in [1.807, 2.05) is 6.07 Å². The molecule has 0 saturated carbocycles. The molecular formula is C15H18ClNO. The van der Waals surface area contributed by atoms with Crippen LogP contribution in [0.3, 0.4) is 0 Å². The van der Waals surface area contributed by atoms with Gasteiger partial charge in [0, 0.05) is 24.6 Å². The molecule has 1 aliphatic heterocycles. The zero-order chi connectivity index (χ0) is 12.9. The van der Waals surface area contributed by atoms with Crippen LogP contribution in [-0.4, -0.2) is 30.1 Å². The Kier molecular flexibility index (Phi) is 2.87. The van der Waals surface area contributed by atoms with Crippen LogP contribution in [0.15, 0.2) is 11.6 Å². The van der Waals surface area contributed by atoms with Crippen LogP contribution in [0, 0.1) is 0 Å². The zero-order valence-electron chi connectivity index (χ0n) is 10.8. The molecular weight excluding hydrogens is 246 g/mol. The second-order valence-corrected chi connectivity index (χ2v) is 6.00. The van der Waals surface area contributed by atoms with E-state index in [9.17, 15) is 5.11 Å². The Hall–Kier alpha value is -0.990. The molecule has 18 heavy (non-hydrogen) atoms. The standard InChI is InChI=1S/C15H18ClNO/c1-9-5-11-8-17(2)4-3-10-7-13(16)15(18)12(6-9)14(10)11/h6-7,11,18H,3-5,8H2,1-2H3. The zero-order valence-corrected chi connectivity index (χ0v) is 11.6. The van der Waals surface area contributed by atoms with Gasteiger partial charge in [-0.3, -0.25) is 0 Å². The van der Waals surface area contributed by atoms with Gasteiger partial charge in [0.25, 0.3) is 0 Å². The maximum atomic E-state index is 10.2. The molecule has 1 unspecified atom stereocenters. The van der Waals surface area contributed by atoms with Gasteiger partial charge in [0.15, 0.2) is 0 Å². The van der Waals surface area contributed by atoms with Crippen LogP contribution in [0.5, 0.6) is 5.75 Å². The van der Waals surface area contributed by atoms with Crippen molar-refractivity contribution in [3.05, 3.63) is 33.4 Å². The van der Waals surface area contributed by atoms with Crippen molar-refractivity contribution in [1.29, 1.82) is 0 Å². The number of phenolic OH excluding ortho intramolecular Hbond substituents is 1. The summed E-state index contributed by atoms with van der Waals surface area (Å²) in [6.45, 7) is 4.25. The first-order valence-corrected chi connectivity index (χ1v) is 6.84. The van der Waals surface area contributed by atoms with E-state index in [1.165, 1.54) is 16.7 Å². The topological polar surface area (TPSA) is 23.5 Å². The van der Waals surface area contributed by atoms with Gasteiger partial charge in [0.05, 0.1) is 5.02 Å². The van der Waals surface area contributed by atoms with E-state index >= 15 is 0 Å². The van der Waals surface area contributed by atoms with Crippen LogP contribution in [0.4, 0.5) is 0 Å². The molecule has 1 aromatic carbocycles. The molecule has 1 aromatic rings.